The molecular weight excluding hydrogens is 202 g/mol. The number of rotatable bonds is 3. The van der Waals surface area contributed by atoms with Gasteiger partial charge in [-0.15, -0.1) is 0 Å². The minimum Gasteiger partial charge on any atom is -0.505 e. The number of aromatic hydroxyl groups is 1. The van der Waals surface area contributed by atoms with Gasteiger partial charge >= 0.3 is 0 Å². The van der Waals surface area contributed by atoms with Crippen LogP contribution < -0.4 is 4.90 Å². The predicted octanol–water partition coefficient (Wildman–Crippen LogP) is 1.82. The first-order valence-electron chi connectivity index (χ1n) is 5.02. The summed E-state index contributed by atoms with van der Waals surface area (Å²) < 4.78 is 0. The molecule has 1 heterocycles. The topological polar surface area (TPSA) is 49.2 Å². The van der Waals surface area contributed by atoms with Gasteiger partial charge in [-0.25, -0.2) is 9.97 Å². The van der Waals surface area contributed by atoms with Crippen molar-refractivity contribution in [2.75, 3.05) is 11.9 Å². The summed E-state index contributed by atoms with van der Waals surface area (Å²) in [6, 6.07) is 10.1. The van der Waals surface area contributed by atoms with Gasteiger partial charge in [0, 0.05) is 13.6 Å². The number of nitrogens with zero attached hydrogens (tertiary/aromatic N) is 3. The molecule has 0 amide bonds. The second-order valence-corrected chi connectivity index (χ2v) is 3.58. The van der Waals surface area contributed by atoms with Crippen LogP contribution in [0.4, 0.5) is 5.95 Å². The van der Waals surface area contributed by atoms with E-state index in [0.29, 0.717) is 5.95 Å². The first-order chi connectivity index (χ1) is 7.75. The van der Waals surface area contributed by atoms with Crippen molar-refractivity contribution >= 4 is 5.95 Å². The molecule has 0 spiro atoms. The molecule has 0 radical (unpaired) electrons. The lowest BCUT2D eigenvalue weighted by Gasteiger charge is -2.16. The largest absolute Gasteiger partial charge is 0.505 e. The summed E-state index contributed by atoms with van der Waals surface area (Å²) >= 11 is 0. The van der Waals surface area contributed by atoms with Crippen LogP contribution in [0, 0.1) is 0 Å². The van der Waals surface area contributed by atoms with Gasteiger partial charge in [0.1, 0.15) is 0 Å². The average Bonchev–Trinajstić information content (AvgIpc) is 2.31. The molecule has 0 unspecified atom stereocenters. The van der Waals surface area contributed by atoms with Gasteiger partial charge in [-0.3, -0.25) is 0 Å². The number of benzene rings is 1. The fourth-order valence-corrected chi connectivity index (χ4v) is 1.44. The third-order valence-electron chi connectivity index (χ3n) is 2.23. The van der Waals surface area contributed by atoms with Crippen molar-refractivity contribution in [2.45, 2.75) is 6.54 Å². The van der Waals surface area contributed by atoms with E-state index in [2.05, 4.69) is 22.1 Å². The monoisotopic (exact) mass is 215 g/mol. The molecule has 0 aliphatic carbocycles. The van der Waals surface area contributed by atoms with Gasteiger partial charge < -0.3 is 10.0 Å². The maximum absolute atomic E-state index is 9.08. The van der Waals surface area contributed by atoms with Crippen LogP contribution in [0.25, 0.3) is 0 Å². The van der Waals surface area contributed by atoms with E-state index in [0.717, 1.165) is 6.54 Å². The zero-order valence-corrected chi connectivity index (χ0v) is 9.04. The second kappa shape index (κ2) is 4.61. The summed E-state index contributed by atoms with van der Waals surface area (Å²) in [7, 11) is 1.92. The Bertz CT molecular complexity index is 442. The quantitative estimate of drug-likeness (QED) is 0.848. The molecule has 2 aromatic rings. The minimum absolute atomic E-state index is 0.0804. The summed E-state index contributed by atoms with van der Waals surface area (Å²) in [5.74, 6) is 0.679. The average molecular weight is 215 g/mol. The van der Waals surface area contributed by atoms with Crippen molar-refractivity contribution in [1.29, 1.82) is 0 Å². The van der Waals surface area contributed by atoms with Gasteiger partial charge in [0.05, 0.1) is 12.4 Å². The van der Waals surface area contributed by atoms with Gasteiger partial charge in [-0.1, -0.05) is 30.3 Å². The Labute approximate surface area is 94.2 Å². The Hall–Kier alpha value is -2.10. The standard InChI is InChI=1S/C12H13N3O/c1-15(9-10-5-3-2-4-6-10)12-13-7-11(16)8-14-12/h2-8,16H,9H2,1H3. The Balaban J connectivity index is 2.09. The van der Waals surface area contributed by atoms with Crippen LogP contribution in [0.1, 0.15) is 5.56 Å². The van der Waals surface area contributed by atoms with Crippen LogP contribution in [0.3, 0.4) is 0 Å². The number of hydrogen-bond donors (Lipinski definition) is 1. The third kappa shape index (κ3) is 2.48. The minimum atomic E-state index is 0.0804. The van der Waals surface area contributed by atoms with Crippen molar-refractivity contribution in [3.05, 3.63) is 48.3 Å². The van der Waals surface area contributed by atoms with Gasteiger partial charge in [0.25, 0.3) is 0 Å². The Kier molecular flexibility index (Phi) is 3.00. The first kappa shape index (κ1) is 10.4. The van der Waals surface area contributed by atoms with Gasteiger partial charge in [-0.05, 0) is 5.56 Å². The number of hydrogen-bond acceptors (Lipinski definition) is 4. The summed E-state index contributed by atoms with van der Waals surface area (Å²) in [5.41, 5.74) is 1.20. The van der Waals surface area contributed by atoms with Crippen LogP contribution in [0.2, 0.25) is 0 Å². The zero-order valence-electron chi connectivity index (χ0n) is 9.04. The molecule has 0 saturated heterocycles. The maximum Gasteiger partial charge on any atom is 0.225 e. The zero-order chi connectivity index (χ0) is 11.4. The van der Waals surface area contributed by atoms with E-state index in [4.69, 9.17) is 5.11 Å². The SMILES string of the molecule is CN(Cc1ccccc1)c1ncc(O)cn1. The van der Waals surface area contributed by atoms with Crippen molar-refractivity contribution in [2.24, 2.45) is 0 Å². The van der Waals surface area contributed by atoms with E-state index in [1.54, 1.807) is 0 Å². The Morgan fingerprint density at radius 1 is 1.12 bits per heavy atom. The van der Waals surface area contributed by atoms with Gasteiger partial charge in [0.15, 0.2) is 5.75 Å². The lowest BCUT2D eigenvalue weighted by Crippen LogP contribution is -2.18. The Morgan fingerprint density at radius 3 is 2.38 bits per heavy atom. The summed E-state index contributed by atoms with van der Waals surface area (Å²) in [6.45, 7) is 0.742. The molecule has 0 bridgehead atoms. The van der Waals surface area contributed by atoms with Gasteiger partial charge in [-0.2, -0.15) is 0 Å². The smallest absolute Gasteiger partial charge is 0.225 e. The highest BCUT2D eigenvalue weighted by Gasteiger charge is 2.04. The maximum atomic E-state index is 9.08. The molecule has 0 atom stereocenters. The molecule has 0 aliphatic rings. The van der Waals surface area contributed by atoms with Crippen LogP contribution in [-0.2, 0) is 6.54 Å². The van der Waals surface area contributed by atoms with Crippen molar-refractivity contribution in [1.82, 2.24) is 9.97 Å². The molecule has 1 N–H and O–H groups in total. The fraction of sp³-hybridized carbons (Fsp3) is 0.167. The van der Waals surface area contributed by atoms with E-state index in [9.17, 15) is 0 Å². The molecule has 0 saturated carbocycles. The van der Waals surface area contributed by atoms with E-state index >= 15 is 0 Å². The molecule has 82 valence electrons. The molecule has 2 rings (SSSR count). The molecule has 1 aromatic heterocycles. The van der Waals surface area contributed by atoms with E-state index in [1.807, 2.05) is 30.1 Å². The van der Waals surface area contributed by atoms with Crippen LogP contribution in [0.5, 0.6) is 5.75 Å². The molecule has 16 heavy (non-hydrogen) atoms. The molecule has 0 aliphatic heterocycles. The summed E-state index contributed by atoms with van der Waals surface area (Å²) in [6.07, 6.45) is 2.79. The molecule has 4 nitrogen and oxygen atoms in total. The third-order valence-corrected chi connectivity index (χ3v) is 2.23. The van der Waals surface area contributed by atoms with Crippen molar-refractivity contribution in [3.63, 3.8) is 0 Å². The molecule has 0 fully saturated rings. The van der Waals surface area contributed by atoms with E-state index in [1.165, 1.54) is 18.0 Å². The lowest BCUT2D eigenvalue weighted by molar-refractivity contribution is 0.469. The van der Waals surface area contributed by atoms with E-state index < -0.39 is 0 Å². The van der Waals surface area contributed by atoms with Crippen molar-refractivity contribution in [3.8, 4) is 5.75 Å². The van der Waals surface area contributed by atoms with Crippen molar-refractivity contribution < 1.29 is 5.11 Å². The van der Waals surface area contributed by atoms with Gasteiger partial charge in [0.2, 0.25) is 5.95 Å². The highest BCUT2D eigenvalue weighted by Crippen LogP contribution is 2.11. The summed E-state index contributed by atoms with van der Waals surface area (Å²) in [5, 5.41) is 9.08. The fourth-order valence-electron chi connectivity index (χ4n) is 1.44. The van der Waals surface area contributed by atoms with Crippen LogP contribution in [0.15, 0.2) is 42.7 Å². The predicted molar refractivity (Wildman–Crippen MR) is 62.2 cm³/mol. The number of anilines is 1. The highest BCUT2D eigenvalue weighted by atomic mass is 16.3. The molecule has 1 aromatic carbocycles. The second-order valence-electron chi connectivity index (χ2n) is 3.58. The Morgan fingerprint density at radius 2 is 1.75 bits per heavy atom. The first-order valence-corrected chi connectivity index (χ1v) is 5.02. The normalized spacial score (nSPS) is 10.1. The lowest BCUT2D eigenvalue weighted by atomic mass is 10.2. The van der Waals surface area contributed by atoms with Crippen LogP contribution in [-0.4, -0.2) is 22.1 Å². The highest BCUT2D eigenvalue weighted by molar-refractivity contribution is 5.31. The van der Waals surface area contributed by atoms with Crippen LogP contribution >= 0.6 is 0 Å². The number of aromatic nitrogens is 2. The molecular formula is C12H13N3O. The summed E-state index contributed by atoms with van der Waals surface area (Å²) in [4.78, 5) is 10.0. The van der Waals surface area contributed by atoms with E-state index in [-0.39, 0.29) is 5.75 Å². The molecule has 4 heteroatoms.